The predicted octanol–water partition coefficient (Wildman–Crippen LogP) is 8.08. The summed E-state index contributed by atoms with van der Waals surface area (Å²) in [5.41, 5.74) is 1.15. The molecule has 10 heteroatoms. The summed E-state index contributed by atoms with van der Waals surface area (Å²) in [7, 11) is 1.55. The number of unbranched alkanes of at least 4 members (excludes halogenated alkanes) is 7. The van der Waals surface area contributed by atoms with Crippen molar-refractivity contribution in [2.24, 2.45) is 0 Å². The summed E-state index contributed by atoms with van der Waals surface area (Å²) in [5, 5.41) is 0. The fraction of sp³-hybridized carbons (Fsp3) is 0.385. The first-order chi connectivity index (χ1) is 23.7. The Labute approximate surface area is 288 Å². The van der Waals surface area contributed by atoms with Crippen LogP contribution in [0.5, 0.6) is 23.0 Å². The number of esters is 4. The number of benzene rings is 3. The molecule has 0 aliphatic heterocycles. The van der Waals surface area contributed by atoms with E-state index in [1.54, 1.807) is 86.8 Å². The van der Waals surface area contributed by atoms with Crippen LogP contribution in [0.15, 0.2) is 84.9 Å². The van der Waals surface area contributed by atoms with Gasteiger partial charge in [-0.2, -0.15) is 0 Å². The molecule has 0 spiro atoms. The Morgan fingerprint density at radius 1 is 0.531 bits per heavy atom. The lowest BCUT2D eigenvalue weighted by Gasteiger charge is -2.09. The van der Waals surface area contributed by atoms with Crippen LogP contribution in [0, 0.1) is 0 Å². The normalized spacial score (nSPS) is 10.5. The second-order valence-corrected chi connectivity index (χ2v) is 11.4. The van der Waals surface area contributed by atoms with Crippen LogP contribution in [0.4, 0.5) is 0 Å². The molecule has 262 valence electrons. The highest BCUT2D eigenvalue weighted by Crippen LogP contribution is 2.21. The Bertz CT molecular complexity index is 1480. The third-order valence-corrected chi connectivity index (χ3v) is 7.34. The van der Waals surface area contributed by atoms with Crippen molar-refractivity contribution < 1.29 is 47.6 Å². The lowest BCUT2D eigenvalue weighted by Crippen LogP contribution is -2.09. The van der Waals surface area contributed by atoms with E-state index in [2.05, 4.69) is 6.58 Å². The quantitative estimate of drug-likeness (QED) is 0.0447. The zero-order valence-electron chi connectivity index (χ0n) is 28.4. The first kappa shape index (κ1) is 38.3. The van der Waals surface area contributed by atoms with Gasteiger partial charge < -0.3 is 28.4 Å². The predicted molar refractivity (Wildman–Crippen MR) is 184 cm³/mol. The first-order valence-corrected chi connectivity index (χ1v) is 16.6. The molecule has 49 heavy (non-hydrogen) atoms. The molecular formula is C39H46O10. The second kappa shape index (κ2) is 21.7. The number of hydrogen-bond donors (Lipinski definition) is 0. The Kier molecular flexibility index (Phi) is 17.0. The maximum Gasteiger partial charge on any atom is 0.343 e. The zero-order chi connectivity index (χ0) is 35.3. The fourth-order valence-electron chi connectivity index (χ4n) is 4.52. The van der Waals surface area contributed by atoms with Gasteiger partial charge in [0.2, 0.25) is 0 Å². The summed E-state index contributed by atoms with van der Waals surface area (Å²) in [6.45, 7) is 6.50. The lowest BCUT2D eigenvalue weighted by atomic mass is 10.1. The summed E-state index contributed by atoms with van der Waals surface area (Å²) in [5.74, 6) is 0.369. The average Bonchev–Trinajstić information content (AvgIpc) is 3.11. The molecule has 0 atom stereocenters. The highest BCUT2D eigenvalue weighted by molar-refractivity contribution is 5.92. The number of rotatable bonds is 22. The van der Waals surface area contributed by atoms with Crippen LogP contribution in [-0.4, -0.2) is 50.8 Å². The van der Waals surface area contributed by atoms with Gasteiger partial charge >= 0.3 is 23.9 Å². The topological polar surface area (TPSA) is 124 Å². The van der Waals surface area contributed by atoms with Gasteiger partial charge in [0.15, 0.2) is 0 Å². The molecule has 3 rings (SSSR count). The molecule has 3 aromatic rings. The summed E-state index contributed by atoms with van der Waals surface area (Å²) in [6, 6.07) is 19.6. The Hall–Kier alpha value is -5.12. The minimum atomic E-state index is -0.514. The maximum absolute atomic E-state index is 12.6. The van der Waals surface area contributed by atoms with Gasteiger partial charge in [-0.15, -0.1) is 0 Å². The number of carbonyl (C=O) groups excluding carboxylic acids is 4. The summed E-state index contributed by atoms with van der Waals surface area (Å²) < 4.78 is 32.1. The highest BCUT2D eigenvalue weighted by atomic mass is 16.5. The van der Waals surface area contributed by atoms with Gasteiger partial charge in [0.05, 0.1) is 38.1 Å². The molecule has 0 saturated heterocycles. The van der Waals surface area contributed by atoms with Gasteiger partial charge in [0.25, 0.3) is 0 Å². The fourth-order valence-corrected chi connectivity index (χ4v) is 4.52. The molecule has 0 unspecified atom stereocenters. The van der Waals surface area contributed by atoms with Crippen LogP contribution in [0.25, 0.3) is 0 Å². The van der Waals surface area contributed by atoms with E-state index in [0.717, 1.165) is 44.9 Å². The maximum atomic E-state index is 12.6. The summed E-state index contributed by atoms with van der Waals surface area (Å²) >= 11 is 0. The standard InChI is InChI=1S/C39H46O10/c1-29(2)37(41)47-28-12-8-9-13-36(40)46-27-11-7-5-4-6-10-26-45-33-20-16-31(17-21-33)39(43)49-35-24-22-34(23-25-35)48-38(42)30-14-18-32(44-3)19-15-30/h14-25H,1,4-13,26-28H2,2-3H3. The number of ether oxygens (including phenoxy) is 6. The van der Waals surface area contributed by atoms with Gasteiger partial charge in [-0.25, -0.2) is 14.4 Å². The van der Waals surface area contributed by atoms with Crippen LogP contribution < -0.4 is 18.9 Å². The molecule has 0 radical (unpaired) electrons. The Balaban J connectivity index is 1.19. The van der Waals surface area contributed by atoms with Crippen LogP contribution in [-0.2, 0) is 19.1 Å². The number of carbonyl (C=O) groups is 4. The van der Waals surface area contributed by atoms with Gasteiger partial charge in [-0.3, -0.25) is 4.79 Å². The first-order valence-electron chi connectivity index (χ1n) is 16.6. The minimum absolute atomic E-state index is 0.182. The second-order valence-electron chi connectivity index (χ2n) is 11.4. The van der Waals surface area contributed by atoms with Crippen LogP contribution in [0.1, 0.15) is 91.8 Å². The van der Waals surface area contributed by atoms with Gasteiger partial charge in [0.1, 0.15) is 23.0 Å². The molecule has 0 aliphatic rings. The molecule has 0 bridgehead atoms. The van der Waals surface area contributed by atoms with Crippen molar-refractivity contribution in [1.29, 1.82) is 0 Å². The SMILES string of the molecule is C=C(C)C(=O)OCCCCCC(=O)OCCCCCCCCOc1ccc(C(=O)Oc2ccc(OC(=O)c3ccc(OC)cc3)cc2)cc1. The smallest absolute Gasteiger partial charge is 0.343 e. The summed E-state index contributed by atoms with van der Waals surface area (Å²) in [4.78, 5) is 48.1. The van der Waals surface area contributed by atoms with Gasteiger partial charge in [-0.05, 0) is 112 Å². The van der Waals surface area contributed by atoms with E-state index >= 15 is 0 Å². The molecule has 0 fully saturated rings. The van der Waals surface area contributed by atoms with Crippen molar-refractivity contribution in [3.05, 3.63) is 96.1 Å². The number of hydrogen-bond acceptors (Lipinski definition) is 10. The van der Waals surface area contributed by atoms with Gasteiger partial charge in [-0.1, -0.05) is 32.3 Å². The zero-order valence-corrected chi connectivity index (χ0v) is 28.4. The monoisotopic (exact) mass is 674 g/mol. The highest BCUT2D eigenvalue weighted by Gasteiger charge is 2.12. The van der Waals surface area contributed by atoms with Crippen molar-refractivity contribution in [1.82, 2.24) is 0 Å². The van der Waals surface area contributed by atoms with E-state index in [-0.39, 0.29) is 11.9 Å². The van der Waals surface area contributed by atoms with Crippen LogP contribution >= 0.6 is 0 Å². The molecule has 10 nitrogen and oxygen atoms in total. The summed E-state index contributed by atoms with van der Waals surface area (Å²) in [6.07, 6.45) is 8.55. The van der Waals surface area contributed by atoms with Gasteiger partial charge in [0, 0.05) is 12.0 Å². The van der Waals surface area contributed by atoms with E-state index in [9.17, 15) is 19.2 Å². The molecule has 0 amide bonds. The molecule has 0 aromatic heterocycles. The van der Waals surface area contributed by atoms with E-state index in [1.807, 2.05) is 0 Å². The van der Waals surface area contributed by atoms with E-state index in [4.69, 9.17) is 28.4 Å². The van der Waals surface area contributed by atoms with Crippen LogP contribution in [0.3, 0.4) is 0 Å². The third kappa shape index (κ3) is 15.1. The molecule has 0 aliphatic carbocycles. The van der Waals surface area contributed by atoms with Crippen molar-refractivity contribution in [2.45, 2.75) is 71.1 Å². The largest absolute Gasteiger partial charge is 0.497 e. The van der Waals surface area contributed by atoms with Crippen LogP contribution in [0.2, 0.25) is 0 Å². The molecule has 0 heterocycles. The minimum Gasteiger partial charge on any atom is -0.497 e. The molecule has 0 saturated carbocycles. The van der Waals surface area contributed by atoms with Crippen molar-refractivity contribution in [2.75, 3.05) is 26.9 Å². The Morgan fingerprint density at radius 2 is 0.959 bits per heavy atom. The molecular weight excluding hydrogens is 628 g/mol. The van der Waals surface area contributed by atoms with Crippen molar-refractivity contribution in [3.63, 3.8) is 0 Å². The molecule has 3 aromatic carbocycles. The van der Waals surface area contributed by atoms with Crippen molar-refractivity contribution in [3.8, 4) is 23.0 Å². The average molecular weight is 675 g/mol. The Morgan fingerprint density at radius 3 is 1.47 bits per heavy atom. The number of methoxy groups -OCH3 is 1. The lowest BCUT2D eigenvalue weighted by molar-refractivity contribution is -0.144. The van der Waals surface area contributed by atoms with E-state index < -0.39 is 11.9 Å². The third-order valence-electron chi connectivity index (χ3n) is 7.34. The molecule has 0 N–H and O–H groups in total. The van der Waals surface area contributed by atoms with Crippen molar-refractivity contribution >= 4 is 23.9 Å². The van der Waals surface area contributed by atoms with E-state index in [1.165, 1.54) is 0 Å². The van der Waals surface area contributed by atoms with E-state index in [0.29, 0.717) is 78.8 Å².